The number of amides is 1. The second-order valence-electron chi connectivity index (χ2n) is 5.10. The number of aliphatic hydroxyl groups is 1. The molecule has 0 aliphatic heterocycles. The molecule has 0 bridgehead atoms. The van der Waals surface area contributed by atoms with Gasteiger partial charge in [-0.1, -0.05) is 13.3 Å². The Hall–Kier alpha value is -0.610. The summed E-state index contributed by atoms with van der Waals surface area (Å²) in [6, 6.07) is 0. The molecular weight excluding hydrogens is 216 g/mol. The van der Waals surface area contributed by atoms with E-state index in [0.717, 1.165) is 32.1 Å². The van der Waals surface area contributed by atoms with Crippen LogP contribution in [0.4, 0.5) is 0 Å². The van der Waals surface area contributed by atoms with Crippen molar-refractivity contribution in [1.82, 2.24) is 5.32 Å². The number of aliphatic hydroxyl groups excluding tert-OH is 1. The Morgan fingerprint density at radius 3 is 2.71 bits per heavy atom. The first-order valence-corrected chi connectivity index (χ1v) is 6.82. The lowest BCUT2D eigenvalue weighted by molar-refractivity contribution is -0.121. The molecule has 0 radical (unpaired) electrons. The van der Waals surface area contributed by atoms with E-state index in [1.165, 1.54) is 0 Å². The largest absolute Gasteiger partial charge is 0.391 e. The van der Waals surface area contributed by atoms with Gasteiger partial charge in [0.25, 0.3) is 0 Å². The Morgan fingerprint density at radius 1 is 1.47 bits per heavy atom. The lowest BCUT2D eigenvalue weighted by Crippen LogP contribution is -2.33. The molecule has 1 amide bonds. The van der Waals surface area contributed by atoms with Crippen LogP contribution < -0.4 is 11.1 Å². The zero-order chi connectivity index (χ0) is 12.7. The first kappa shape index (κ1) is 14.5. The molecule has 17 heavy (non-hydrogen) atoms. The summed E-state index contributed by atoms with van der Waals surface area (Å²) in [7, 11) is 0. The molecule has 2 atom stereocenters. The molecule has 1 rings (SSSR count). The number of hydrogen-bond acceptors (Lipinski definition) is 3. The molecular formula is C13H26N2O2. The number of rotatable bonds is 9. The van der Waals surface area contributed by atoms with Crippen LogP contribution in [0.15, 0.2) is 0 Å². The average molecular weight is 242 g/mol. The van der Waals surface area contributed by atoms with E-state index in [4.69, 9.17) is 5.73 Å². The maximum atomic E-state index is 11.6. The highest BCUT2D eigenvalue weighted by Gasteiger charge is 2.29. The van der Waals surface area contributed by atoms with Gasteiger partial charge in [-0.3, -0.25) is 4.79 Å². The fourth-order valence-electron chi connectivity index (χ4n) is 2.08. The van der Waals surface area contributed by atoms with E-state index in [9.17, 15) is 9.90 Å². The summed E-state index contributed by atoms with van der Waals surface area (Å²) in [5.41, 5.74) is 5.52. The van der Waals surface area contributed by atoms with Crippen LogP contribution in [0.25, 0.3) is 0 Å². The van der Waals surface area contributed by atoms with E-state index in [0.29, 0.717) is 31.3 Å². The maximum absolute atomic E-state index is 11.6. The van der Waals surface area contributed by atoms with Crippen molar-refractivity contribution in [1.29, 1.82) is 0 Å². The number of carbonyl (C=O) groups excluding carboxylic acids is 1. The average Bonchev–Trinajstić information content (AvgIpc) is 3.15. The highest BCUT2D eigenvalue weighted by molar-refractivity contribution is 5.75. The fraction of sp³-hybridized carbons (Fsp3) is 0.923. The van der Waals surface area contributed by atoms with Crippen LogP contribution in [0, 0.1) is 11.8 Å². The Morgan fingerprint density at radius 2 is 2.18 bits per heavy atom. The maximum Gasteiger partial charge on any atom is 0.220 e. The van der Waals surface area contributed by atoms with Crippen molar-refractivity contribution in [2.45, 2.75) is 51.6 Å². The molecule has 1 fully saturated rings. The van der Waals surface area contributed by atoms with Gasteiger partial charge in [0, 0.05) is 13.0 Å². The van der Waals surface area contributed by atoms with Crippen LogP contribution in [0.2, 0.25) is 0 Å². The third-order valence-corrected chi connectivity index (χ3v) is 3.61. The lowest BCUT2D eigenvalue weighted by atomic mass is 9.96. The zero-order valence-corrected chi connectivity index (χ0v) is 10.8. The molecule has 4 nitrogen and oxygen atoms in total. The molecule has 1 saturated carbocycles. The Bertz CT molecular complexity index is 229. The van der Waals surface area contributed by atoms with Crippen molar-refractivity contribution in [3.05, 3.63) is 0 Å². The molecule has 1 aliphatic rings. The van der Waals surface area contributed by atoms with E-state index in [1.807, 2.05) is 0 Å². The van der Waals surface area contributed by atoms with Gasteiger partial charge in [-0.05, 0) is 44.1 Å². The zero-order valence-electron chi connectivity index (χ0n) is 10.8. The van der Waals surface area contributed by atoms with E-state index in [2.05, 4.69) is 12.2 Å². The van der Waals surface area contributed by atoms with Crippen LogP contribution in [0.5, 0.6) is 0 Å². The summed E-state index contributed by atoms with van der Waals surface area (Å²) in [4.78, 5) is 11.6. The van der Waals surface area contributed by atoms with Crippen molar-refractivity contribution in [2.24, 2.45) is 17.6 Å². The minimum absolute atomic E-state index is 0.0557. The summed E-state index contributed by atoms with van der Waals surface area (Å²) < 4.78 is 0. The van der Waals surface area contributed by atoms with Crippen molar-refractivity contribution in [2.75, 3.05) is 13.1 Å². The summed E-state index contributed by atoms with van der Waals surface area (Å²) in [5.74, 6) is 1.04. The molecule has 100 valence electrons. The summed E-state index contributed by atoms with van der Waals surface area (Å²) in [6.07, 6.45) is 5.39. The van der Waals surface area contributed by atoms with Gasteiger partial charge in [-0.15, -0.1) is 0 Å². The first-order valence-electron chi connectivity index (χ1n) is 6.82. The van der Waals surface area contributed by atoms with Crippen LogP contribution >= 0.6 is 0 Å². The third-order valence-electron chi connectivity index (χ3n) is 3.61. The Balaban J connectivity index is 2.06. The third kappa shape index (κ3) is 6.03. The highest BCUT2D eigenvalue weighted by Crippen LogP contribution is 2.32. The van der Waals surface area contributed by atoms with Gasteiger partial charge >= 0.3 is 0 Å². The number of nitrogens with two attached hydrogens (primary N) is 1. The van der Waals surface area contributed by atoms with Crippen LogP contribution in [0.1, 0.15) is 45.4 Å². The smallest absolute Gasteiger partial charge is 0.220 e. The van der Waals surface area contributed by atoms with E-state index >= 15 is 0 Å². The predicted octanol–water partition coefficient (Wildman–Crippen LogP) is 1.03. The van der Waals surface area contributed by atoms with Crippen molar-refractivity contribution < 1.29 is 9.90 Å². The van der Waals surface area contributed by atoms with Gasteiger partial charge in [0.15, 0.2) is 0 Å². The molecule has 2 unspecified atom stereocenters. The molecule has 4 N–H and O–H groups in total. The summed E-state index contributed by atoms with van der Waals surface area (Å²) >= 11 is 0. The molecule has 0 heterocycles. The molecule has 0 spiro atoms. The SMILES string of the molecule is CCC(CCN)CCC(=O)NCC(O)C1CC1. The van der Waals surface area contributed by atoms with Gasteiger partial charge in [0.1, 0.15) is 0 Å². The fourth-order valence-corrected chi connectivity index (χ4v) is 2.08. The van der Waals surface area contributed by atoms with Gasteiger partial charge in [-0.2, -0.15) is 0 Å². The first-order chi connectivity index (χ1) is 8.17. The molecule has 4 heteroatoms. The lowest BCUT2D eigenvalue weighted by Gasteiger charge is -2.14. The molecule has 0 saturated heterocycles. The van der Waals surface area contributed by atoms with Crippen molar-refractivity contribution in [3.63, 3.8) is 0 Å². The van der Waals surface area contributed by atoms with Gasteiger partial charge in [0.05, 0.1) is 6.10 Å². The molecule has 0 aromatic heterocycles. The van der Waals surface area contributed by atoms with E-state index in [-0.39, 0.29) is 12.0 Å². The normalized spacial score (nSPS) is 18.8. The highest BCUT2D eigenvalue weighted by atomic mass is 16.3. The van der Waals surface area contributed by atoms with Crippen molar-refractivity contribution >= 4 is 5.91 Å². The number of hydrogen-bond donors (Lipinski definition) is 3. The molecule has 0 aromatic carbocycles. The number of carbonyl (C=O) groups is 1. The van der Waals surface area contributed by atoms with Gasteiger partial charge in [0.2, 0.25) is 5.91 Å². The minimum Gasteiger partial charge on any atom is -0.391 e. The summed E-state index contributed by atoms with van der Waals surface area (Å²) in [6.45, 7) is 3.24. The monoisotopic (exact) mass is 242 g/mol. The Labute approximate surface area is 104 Å². The topological polar surface area (TPSA) is 75.4 Å². The van der Waals surface area contributed by atoms with Crippen LogP contribution in [-0.2, 0) is 4.79 Å². The molecule has 0 aromatic rings. The van der Waals surface area contributed by atoms with Gasteiger partial charge in [-0.25, -0.2) is 0 Å². The van der Waals surface area contributed by atoms with Crippen molar-refractivity contribution in [3.8, 4) is 0 Å². The Kier molecular flexibility index (Phi) is 6.52. The summed E-state index contributed by atoms with van der Waals surface area (Å²) in [5, 5.41) is 12.4. The van der Waals surface area contributed by atoms with Gasteiger partial charge < -0.3 is 16.2 Å². The minimum atomic E-state index is -0.343. The molecule has 1 aliphatic carbocycles. The number of nitrogens with one attached hydrogen (secondary N) is 1. The second-order valence-corrected chi connectivity index (χ2v) is 5.10. The quantitative estimate of drug-likeness (QED) is 0.565. The second kappa shape index (κ2) is 7.67. The van der Waals surface area contributed by atoms with E-state index < -0.39 is 0 Å². The standard InChI is InChI=1S/C13H26N2O2/c1-2-10(7-8-14)3-6-13(17)15-9-12(16)11-4-5-11/h10-12,16H,2-9,14H2,1H3,(H,15,17). The predicted molar refractivity (Wildman–Crippen MR) is 68.4 cm³/mol. The van der Waals surface area contributed by atoms with Crippen LogP contribution in [-0.4, -0.2) is 30.2 Å². The van der Waals surface area contributed by atoms with Crippen LogP contribution in [0.3, 0.4) is 0 Å². The van der Waals surface area contributed by atoms with E-state index in [1.54, 1.807) is 0 Å².